The summed E-state index contributed by atoms with van der Waals surface area (Å²) in [5.74, 6) is 0.516. The van der Waals surface area contributed by atoms with Crippen molar-refractivity contribution < 1.29 is 4.84 Å². The number of nitrogens with zero attached hydrogens (tertiary/aromatic N) is 1. The van der Waals surface area contributed by atoms with Crippen LogP contribution in [0.1, 0.15) is 75.1 Å². The minimum Gasteiger partial charge on any atom is -0.413 e. The molecule has 1 aliphatic rings. The van der Waals surface area contributed by atoms with Gasteiger partial charge in [0.05, 0.1) is 11.1 Å². The van der Waals surface area contributed by atoms with Crippen LogP contribution in [0.3, 0.4) is 0 Å². The van der Waals surface area contributed by atoms with E-state index < -0.39 is 0 Å². The summed E-state index contributed by atoms with van der Waals surface area (Å²) in [6.07, 6.45) is 14.2. The van der Waals surface area contributed by atoms with Crippen molar-refractivity contribution in [1.82, 2.24) is 5.06 Å². The number of allylic oxidation sites excluding steroid dienone is 3. The van der Waals surface area contributed by atoms with Crippen LogP contribution in [0.15, 0.2) is 110 Å². The van der Waals surface area contributed by atoms with Gasteiger partial charge in [-0.3, -0.25) is 0 Å². The highest BCUT2D eigenvalue weighted by Gasteiger charge is 2.47. The van der Waals surface area contributed by atoms with Gasteiger partial charge in [-0.25, -0.2) is 0 Å². The Morgan fingerprint density at radius 2 is 1.18 bits per heavy atom. The Morgan fingerprint density at radius 3 is 1.64 bits per heavy atom. The van der Waals surface area contributed by atoms with E-state index in [4.69, 9.17) is 4.84 Å². The van der Waals surface area contributed by atoms with Gasteiger partial charge < -0.3 is 4.84 Å². The Hall–Kier alpha value is -3.36. The van der Waals surface area contributed by atoms with Gasteiger partial charge in [0.25, 0.3) is 0 Å². The highest BCUT2D eigenvalue weighted by molar-refractivity contribution is 5.64. The van der Waals surface area contributed by atoms with Gasteiger partial charge in [-0.05, 0) is 106 Å². The average molecular weight is 520 g/mol. The van der Waals surface area contributed by atoms with Gasteiger partial charge in [0.15, 0.2) is 0 Å². The number of hydroxylamine groups is 2. The zero-order valence-electron chi connectivity index (χ0n) is 24.3. The molecular weight excluding hydrogens is 474 g/mol. The fraction of sp³-hybridized carbons (Fsp3) is 0.351. The van der Waals surface area contributed by atoms with Crippen LogP contribution >= 0.6 is 0 Å². The van der Waals surface area contributed by atoms with E-state index in [1.807, 2.05) is 6.08 Å². The van der Waals surface area contributed by atoms with E-state index in [9.17, 15) is 0 Å². The second-order valence-corrected chi connectivity index (χ2v) is 12.1. The molecule has 39 heavy (non-hydrogen) atoms. The Kier molecular flexibility index (Phi) is 9.30. The van der Waals surface area contributed by atoms with Gasteiger partial charge in [0.1, 0.15) is 6.26 Å². The van der Waals surface area contributed by atoms with Gasteiger partial charge in [-0.1, -0.05) is 97.6 Å². The number of rotatable bonds is 11. The first-order valence-corrected chi connectivity index (χ1v) is 14.3. The molecule has 1 heterocycles. The van der Waals surface area contributed by atoms with Crippen molar-refractivity contribution in [1.29, 1.82) is 0 Å². The molecule has 0 atom stereocenters. The molecule has 0 radical (unpaired) electrons. The average Bonchev–Trinajstić information content (AvgIpc) is 2.92. The summed E-state index contributed by atoms with van der Waals surface area (Å²) >= 11 is 0. The molecule has 0 saturated carbocycles. The number of benzene rings is 3. The zero-order valence-corrected chi connectivity index (χ0v) is 24.3. The van der Waals surface area contributed by atoms with E-state index in [2.05, 4.69) is 131 Å². The quantitative estimate of drug-likeness (QED) is 0.185. The molecular formula is C37H45NO. The smallest absolute Gasteiger partial charge is 0.104 e. The summed E-state index contributed by atoms with van der Waals surface area (Å²) in [4.78, 5) is 5.83. The van der Waals surface area contributed by atoms with Crippen LogP contribution in [0.25, 0.3) is 11.1 Å². The summed E-state index contributed by atoms with van der Waals surface area (Å²) in [5.41, 5.74) is 7.90. The second kappa shape index (κ2) is 12.7. The Bertz CT molecular complexity index is 1230. The molecule has 2 nitrogen and oxygen atoms in total. The fourth-order valence-corrected chi connectivity index (χ4v) is 6.19. The largest absolute Gasteiger partial charge is 0.413 e. The van der Waals surface area contributed by atoms with Crippen molar-refractivity contribution >= 4 is 0 Å². The molecule has 3 aromatic carbocycles. The molecule has 2 heteroatoms. The van der Waals surface area contributed by atoms with E-state index in [0.29, 0.717) is 5.92 Å². The predicted molar refractivity (Wildman–Crippen MR) is 167 cm³/mol. The van der Waals surface area contributed by atoms with Crippen molar-refractivity contribution in [3.05, 3.63) is 133 Å². The third-order valence-corrected chi connectivity index (χ3v) is 7.97. The first-order chi connectivity index (χ1) is 18.7. The standard InChI is InChI=1S/C37H45NO/c1-7-9-12-29-15-21-32(22-16-29)33-23-17-30(18-24-33)13-10-11-14-31-19-25-34(26-20-31)35-27-36(3,4)38(39-8-2)37(5,6)28-35/h7-8,10-11,15-26,35H,1-2,9,12-14,27-28H2,3-6H3/b11-10+. The molecule has 0 spiro atoms. The summed E-state index contributed by atoms with van der Waals surface area (Å²) in [6.45, 7) is 16.6. The maximum absolute atomic E-state index is 5.83. The molecule has 0 bridgehead atoms. The number of hydrogen-bond donors (Lipinski definition) is 0. The van der Waals surface area contributed by atoms with Crippen molar-refractivity contribution in [3.8, 4) is 11.1 Å². The van der Waals surface area contributed by atoms with Crippen molar-refractivity contribution in [3.63, 3.8) is 0 Å². The second-order valence-electron chi connectivity index (χ2n) is 12.1. The lowest BCUT2D eigenvalue weighted by Gasteiger charge is -2.53. The highest BCUT2D eigenvalue weighted by Crippen LogP contribution is 2.45. The lowest BCUT2D eigenvalue weighted by molar-refractivity contribution is -0.249. The van der Waals surface area contributed by atoms with Gasteiger partial charge >= 0.3 is 0 Å². The van der Waals surface area contributed by atoms with Gasteiger partial charge in [-0.2, -0.15) is 0 Å². The predicted octanol–water partition coefficient (Wildman–Crippen LogP) is 9.63. The first-order valence-electron chi connectivity index (χ1n) is 14.3. The molecule has 1 fully saturated rings. The molecule has 204 valence electrons. The van der Waals surface area contributed by atoms with Crippen LogP contribution in [0.2, 0.25) is 0 Å². The van der Waals surface area contributed by atoms with Crippen molar-refractivity contribution in [2.75, 3.05) is 0 Å². The minimum absolute atomic E-state index is 0.0594. The van der Waals surface area contributed by atoms with Crippen molar-refractivity contribution in [2.45, 2.75) is 83.2 Å². The highest BCUT2D eigenvalue weighted by atomic mass is 16.7. The molecule has 1 saturated heterocycles. The number of piperidine rings is 1. The van der Waals surface area contributed by atoms with Crippen LogP contribution in [-0.4, -0.2) is 16.1 Å². The van der Waals surface area contributed by atoms with E-state index in [1.165, 1.54) is 33.4 Å². The minimum atomic E-state index is -0.0594. The molecule has 3 aromatic rings. The van der Waals surface area contributed by atoms with Gasteiger partial charge in [-0.15, -0.1) is 11.6 Å². The maximum Gasteiger partial charge on any atom is 0.104 e. The molecule has 0 amide bonds. The lowest BCUT2D eigenvalue weighted by Crippen LogP contribution is -2.59. The number of aryl methyl sites for hydroxylation is 1. The van der Waals surface area contributed by atoms with Crippen LogP contribution < -0.4 is 0 Å². The maximum atomic E-state index is 5.83. The Balaban J connectivity index is 1.29. The van der Waals surface area contributed by atoms with Gasteiger partial charge in [0.2, 0.25) is 0 Å². The van der Waals surface area contributed by atoms with Gasteiger partial charge in [0, 0.05) is 0 Å². The summed E-state index contributed by atoms with van der Waals surface area (Å²) in [5, 5.41) is 2.12. The summed E-state index contributed by atoms with van der Waals surface area (Å²) < 4.78 is 0. The van der Waals surface area contributed by atoms with Crippen molar-refractivity contribution in [2.24, 2.45) is 0 Å². The third kappa shape index (κ3) is 7.40. The summed E-state index contributed by atoms with van der Waals surface area (Å²) in [7, 11) is 0. The molecule has 0 unspecified atom stereocenters. The topological polar surface area (TPSA) is 12.5 Å². The van der Waals surface area contributed by atoms with Crippen LogP contribution in [0, 0.1) is 0 Å². The van der Waals surface area contributed by atoms with E-state index in [-0.39, 0.29) is 11.1 Å². The fourth-order valence-electron chi connectivity index (χ4n) is 6.19. The molecule has 0 aromatic heterocycles. The molecule has 4 rings (SSSR count). The van der Waals surface area contributed by atoms with E-state index in [0.717, 1.165) is 38.5 Å². The zero-order chi connectivity index (χ0) is 27.9. The monoisotopic (exact) mass is 519 g/mol. The third-order valence-electron chi connectivity index (χ3n) is 7.97. The van der Waals surface area contributed by atoms with Crippen LogP contribution in [-0.2, 0) is 24.1 Å². The molecule has 0 aliphatic carbocycles. The summed E-state index contributed by atoms with van der Waals surface area (Å²) in [6, 6.07) is 27.1. The lowest BCUT2D eigenvalue weighted by atomic mass is 9.72. The first kappa shape index (κ1) is 28.6. The number of hydrogen-bond acceptors (Lipinski definition) is 2. The SMILES string of the molecule is C=CCCc1ccc(-c2ccc(C/C=C/Cc3ccc(C4CC(C)(C)N(OC=C)C(C)(C)C4)cc3)cc2)cc1. The van der Waals surface area contributed by atoms with E-state index in [1.54, 1.807) is 6.26 Å². The van der Waals surface area contributed by atoms with Crippen LogP contribution in [0.5, 0.6) is 0 Å². The Labute approximate surface area is 236 Å². The Morgan fingerprint density at radius 1 is 0.718 bits per heavy atom. The molecule has 1 aliphatic heterocycles. The van der Waals surface area contributed by atoms with Crippen LogP contribution in [0.4, 0.5) is 0 Å². The van der Waals surface area contributed by atoms with E-state index >= 15 is 0 Å². The molecule has 0 N–H and O–H groups in total. The normalized spacial score (nSPS) is 17.2.